The fourth-order valence-corrected chi connectivity index (χ4v) is 3.65. The van der Waals surface area contributed by atoms with E-state index in [0.29, 0.717) is 12.6 Å². The van der Waals surface area contributed by atoms with E-state index in [2.05, 4.69) is 54.1 Å². The summed E-state index contributed by atoms with van der Waals surface area (Å²) in [5.41, 5.74) is 0. The molecular formula is C15H25N3OS. The lowest BCUT2D eigenvalue weighted by Gasteiger charge is -2.29. The zero-order valence-electron chi connectivity index (χ0n) is 12.6. The first-order chi connectivity index (χ1) is 9.58. The molecule has 1 aromatic rings. The molecule has 5 heteroatoms. The van der Waals surface area contributed by atoms with Crippen molar-refractivity contribution in [3.63, 3.8) is 0 Å². The lowest BCUT2D eigenvalue weighted by atomic mass is 9.92. The van der Waals surface area contributed by atoms with Crippen LogP contribution < -0.4 is 10.6 Å². The number of carbonyl (C=O) groups is 1. The van der Waals surface area contributed by atoms with Gasteiger partial charge >= 0.3 is 0 Å². The number of nitrogens with zero attached hydrogens (tertiary/aromatic N) is 1. The van der Waals surface area contributed by atoms with Crippen molar-refractivity contribution in [1.29, 1.82) is 0 Å². The summed E-state index contributed by atoms with van der Waals surface area (Å²) in [5, 5.41) is 8.61. The third-order valence-corrected chi connectivity index (χ3v) is 4.93. The second kappa shape index (κ2) is 7.20. The highest BCUT2D eigenvalue weighted by atomic mass is 32.1. The molecule has 0 radical (unpaired) electrons. The van der Waals surface area contributed by atoms with Gasteiger partial charge in [0.05, 0.1) is 6.04 Å². The normalized spacial score (nSPS) is 24.6. The Morgan fingerprint density at radius 1 is 1.60 bits per heavy atom. The van der Waals surface area contributed by atoms with Gasteiger partial charge in [-0.1, -0.05) is 6.07 Å². The molecular weight excluding hydrogens is 270 g/mol. The second-order valence-corrected chi connectivity index (χ2v) is 6.80. The second-order valence-electron chi connectivity index (χ2n) is 5.82. The van der Waals surface area contributed by atoms with E-state index in [1.165, 1.54) is 4.88 Å². The van der Waals surface area contributed by atoms with Crippen LogP contribution in [0.3, 0.4) is 0 Å². The molecule has 1 amide bonds. The van der Waals surface area contributed by atoms with Crippen LogP contribution in [-0.4, -0.2) is 44.0 Å². The van der Waals surface area contributed by atoms with Gasteiger partial charge in [-0.25, -0.2) is 0 Å². The first-order valence-corrected chi connectivity index (χ1v) is 8.17. The van der Waals surface area contributed by atoms with Gasteiger partial charge in [0.15, 0.2) is 0 Å². The largest absolute Gasteiger partial charge is 0.354 e. The predicted octanol–water partition coefficient (Wildman–Crippen LogP) is 1.86. The third-order valence-electron chi connectivity index (χ3n) is 3.96. The van der Waals surface area contributed by atoms with Gasteiger partial charge in [0.25, 0.3) is 0 Å². The monoisotopic (exact) mass is 295 g/mol. The van der Waals surface area contributed by atoms with Crippen molar-refractivity contribution in [2.75, 3.05) is 27.2 Å². The van der Waals surface area contributed by atoms with Crippen molar-refractivity contribution in [1.82, 2.24) is 15.5 Å². The summed E-state index contributed by atoms with van der Waals surface area (Å²) in [6.45, 7) is 3.78. The van der Waals surface area contributed by atoms with E-state index < -0.39 is 0 Å². The maximum atomic E-state index is 12.3. The van der Waals surface area contributed by atoms with Crippen molar-refractivity contribution in [2.45, 2.75) is 31.8 Å². The molecule has 0 bridgehead atoms. The number of hydrogen-bond donors (Lipinski definition) is 2. The van der Waals surface area contributed by atoms with Gasteiger partial charge in [-0.05, 0) is 51.9 Å². The Bertz CT molecular complexity index is 419. The van der Waals surface area contributed by atoms with Gasteiger partial charge in [-0.3, -0.25) is 4.79 Å². The van der Waals surface area contributed by atoms with Gasteiger partial charge in [0, 0.05) is 23.4 Å². The third kappa shape index (κ3) is 4.04. The number of hydrogen-bond acceptors (Lipinski definition) is 4. The van der Waals surface area contributed by atoms with Gasteiger partial charge in [-0.2, -0.15) is 0 Å². The number of nitrogens with one attached hydrogen (secondary N) is 2. The maximum Gasteiger partial charge on any atom is 0.223 e. The number of likely N-dealkylation sites (N-methyl/N-ethyl adjacent to an activating group) is 1. The van der Waals surface area contributed by atoms with E-state index in [0.717, 1.165) is 19.4 Å². The van der Waals surface area contributed by atoms with Gasteiger partial charge in [-0.15, -0.1) is 11.3 Å². The van der Waals surface area contributed by atoms with Crippen LogP contribution in [0.25, 0.3) is 0 Å². The van der Waals surface area contributed by atoms with Gasteiger partial charge in [0.1, 0.15) is 0 Å². The molecule has 1 unspecified atom stereocenters. The Kier molecular flexibility index (Phi) is 5.57. The molecule has 1 fully saturated rings. The smallest absolute Gasteiger partial charge is 0.223 e. The van der Waals surface area contributed by atoms with Crippen molar-refractivity contribution >= 4 is 17.2 Å². The minimum Gasteiger partial charge on any atom is -0.354 e. The highest BCUT2D eigenvalue weighted by Crippen LogP contribution is 2.23. The number of amides is 1. The molecule has 3 atom stereocenters. The molecule has 0 aromatic carbocycles. The van der Waals surface area contributed by atoms with Crippen LogP contribution in [0.2, 0.25) is 0 Å². The van der Waals surface area contributed by atoms with Gasteiger partial charge in [0.2, 0.25) is 5.91 Å². The fraction of sp³-hybridized carbons (Fsp3) is 0.667. The average molecular weight is 295 g/mol. The van der Waals surface area contributed by atoms with E-state index >= 15 is 0 Å². The fourth-order valence-electron chi connectivity index (χ4n) is 2.73. The number of piperidine rings is 1. The number of rotatable bonds is 5. The average Bonchev–Trinajstić information content (AvgIpc) is 2.92. The summed E-state index contributed by atoms with van der Waals surface area (Å²) in [4.78, 5) is 15.8. The van der Waals surface area contributed by atoms with E-state index in [1.54, 1.807) is 11.3 Å². The highest BCUT2D eigenvalue weighted by molar-refractivity contribution is 7.10. The minimum atomic E-state index is 0.164. The Morgan fingerprint density at radius 2 is 2.40 bits per heavy atom. The van der Waals surface area contributed by atoms with Crippen LogP contribution in [0.4, 0.5) is 0 Å². The van der Waals surface area contributed by atoms with Gasteiger partial charge < -0.3 is 15.5 Å². The Balaban J connectivity index is 1.87. The van der Waals surface area contributed by atoms with Crippen LogP contribution in [0, 0.1) is 5.92 Å². The van der Waals surface area contributed by atoms with Crippen LogP contribution in [0.5, 0.6) is 0 Å². The Labute approximate surface area is 125 Å². The van der Waals surface area contributed by atoms with Crippen LogP contribution in [0.1, 0.15) is 30.7 Å². The first-order valence-electron chi connectivity index (χ1n) is 7.29. The molecule has 20 heavy (non-hydrogen) atoms. The van der Waals surface area contributed by atoms with Crippen LogP contribution in [-0.2, 0) is 4.79 Å². The Hall–Kier alpha value is -0.910. The summed E-state index contributed by atoms with van der Waals surface area (Å²) >= 11 is 1.74. The topological polar surface area (TPSA) is 44.4 Å². The molecule has 1 aromatic heterocycles. The van der Waals surface area contributed by atoms with E-state index in [4.69, 9.17) is 0 Å². The lowest BCUT2D eigenvalue weighted by molar-refractivity contribution is -0.126. The van der Waals surface area contributed by atoms with Crippen LogP contribution in [0.15, 0.2) is 17.5 Å². The van der Waals surface area contributed by atoms with Crippen molar-refractivity contribution < 1.29 is 4.79 Å². The zero-order chi connectivity index (χ0) is 14.5. The molecule has 2 heterocycles. The highest BCUT2D eigenvalue weighted by Gasteiger charge is 2.25. The first kappa shape index (κ1) is 15.5. The summed E-state index contributed by atoms with van der Waals surface area (Å²) in [6.07, 6.45) is 1.89. The molecule has 4 nitrogen and oxygen atoms in total. The molecule has 2 rings (SSSR count). The van der Waals surface area contributed by atoms with E-state index in [1.807, 2.05) is 0 Å². The zero-order valence-corrected chi connectivity index (χ0v) is 13.4. The number of carbonyl (C=O) groups excluding carboxylic acids is 1. The summed E-state index contributed by atoms with van der Waals surface area (Å²) in [5.74, 6) is 0.374. The quantitative estimate of drug-likeness (QED) is 0.871. The predicted molar refractivity (Wildman–Crippen MR) is 83.9 cm³/mol. The molecule has 0 aliphatic carbocycles. The van der Waals surface area contributed by atoms with Crippen molar-refractivity contribution in [2.24, 2.45) is 5.92 Å². The van der Waals surface area contributed by atoms with E-state index in [9.17, 15) is 4.79 Å². The molecule has 2 N–H and O–H groups in total. The molecule has 0 spiro atoms. The maximum absolute atomic E-state index is 12.3. The SMILES string of the molecule is C[C@H]1C[C@@H](C(=O)NCC(c2cccs2)N(C)C)CCN1. The van der Waals surface area contributed by atoms with E-state index in [-0.39, 0.29) is 17.9 Å². The summed E-state index contributed by atoms with van der Waals surface area (Å²) in [6, 6.07) is 4.90. The molecule has 0 saturated carbocycles. The minimum absolute atomic E-state index is 0.164. The number of thiophene rings is 1. The molecule has 1 aliphatic heterocycles. The van der Waals surface area contributed by atoms with Crippen molar-refractivity contribution in [3.05, 3.63) is 22.4 Å². The molecule has 1 aliphatic rings. The lowest BCUT2D eigenvalue weighted by Crippen LogP contribution is -2.44. The molecule has 1 saturated heterocycles. The molecule has 112 valence electrons. The van der Waals surface area contributed by atoms with Crippen LogP contribution >= 0.6 is 11.3 Å². The Morgan fingerprint density at radius 3 is 3.00 bits per heavy atom. The summed E-state index contributed by atoms with van der Waals surface area (Å²) < 4.78 is 0. The summed E-state index contributed by atoms with van der Waals surface area (Å²) in [7, 11) is 4.12. The van der Waals surface area contributed by atoms with Crippen molar-refractivity contribution in [3.8, 4) is 0 Å². The standard InChI is InChI=1S/C15H25N3OS/c1-11-9-12(6-7-16-11)15(19)17-10-13(18(2)3)14-5-4-8-20-14/h4-5,8,11-13,16H,6-7,9-10H2,1-3H3,(H,17,19)/t11-,12-,13?/m0/s1.